The third-order valence-electron chi connectivity index (χ3n) is 3.04. The number of ether oxygens (including phenoxy) is 1. The van der Waals surface area contributed by atoms with Crippen LogP contribution in [0.15, 0.2) is 0 Å². The molecule has 0 atom stereocenters. The zero-order valence-electron chi connectivity index (χ0n) is 7.98. The first-order valence-electron chi connectivity index (χ1n) is 4.50. The Morgan fingerprint density at radius 3 is 2.33 bits per heavy atom. The van der Waals surface area contributed by atoms with Crippen LogP contribution in [0.3, 0.4) is 0 Å². The summed E-state index contributed by atoms with van der Waals surface area (Å²) in [5, 5.41) is 0. The van der Waals surface area contributed by atoms with Gasteiger partial charge in [-0.3, -0.25) is 4.90 Å². The van der Waals surface area contributed by atoms with Gasteiger partial charge in [-0.15, -0.1) is 0 Å². The van der Waals surface area contributed by atoms with E-state index in [1.165, 1.54) is 19.3 Å². The van der Waals surface area contributed by atoms with Gasteiger partial charge < -0.3 is 4.74 Å². The Labute approximate surface area is 88.8 Å². The summed E-state index contributed by atoms with van der Waals surface area (Å²) >= 11 is 2.15. The quantitative estimate of drug-likeness (QED) is 0.497. The van der Waals surface area contributed by atoms with Crippen LogP contribution in [0.4, 0.5) is 0 Å². The normalized spacial score (nSPS) is 27.2. The fourth-order valence-electron chi connectivity index (χ4n) is 1.92. The highest BCUT2D eigenvalue weighted by molar-refractivity contribution is 14.1. The van der Waals surface area contributed by atoms with E-state index in [9.17, 15) is 0 Å². The van der Waals surface area contributed by atoms with Gasteiger partial charge in [-0.2, -0.15) is 0 Å². The smallest absolute Gasteiger partial charge is 0.0650 e. The van der Waals surface area contributed by atoms with E-state index in [0.29, 0.717) is 5.54 Å². The standard InChI is InChI=1S/C8H15NO.CH3I/c1-9-5-6-10-7-8(9)3-2-4-8;1-2/h2-7H2,1H3;1H3. The molecule has 2 aliphatic rings. The zero-order valence-corrected chi connectivity index (χ0v) is 10.1. The molecule has 1 aliphatic carbocycles. The fourth-order valence-corrected chi connectivity index (χ4v) is 1.92. The Kier molecular flexibility index (Phi) is 4.26. The van der Waals surface area contributed by atoms with E-state index in [1.54, 1.807) is 0 Å². The summed E-state index contributed by atoms with van der Waals surface area (Å²) in [5.41, 5.74) is 0.470. The molecule has 2 rings (SSSR count). The van der Waals surface area contributed by atoms with Gasteiger partial charge in [0.2, 0.25) is 0 Å². The van der Waals surface area contributed by atoms with E-state index in [0.717, 1.165) is 19.8 Å². The van der Waals surface area contributed by atoms with Crippen molar-refractivity contribution in [1.29, 1.82) is 0 Å². The summed E-state index contributed by atoms with van der Waals surface area (Å²) in [5.74, 6) is 0. The molecule has 0 aromatic heterocycles. The molecule has 0 aromatic carbocycles. The lowest BCUT2D eigenvalue weighted by molar-refractivity contribution is -0.0941. The molecule has 0 amide bonds. The van der Waals surface area contributed by atoms with E-state index < -0.39 is 0 Å². The molecule has 1 saturated heterocycles. The molecule has 0 aromatic rings. The van der Waals surface area contributed by atoms with E-state index in [1.807, 2.05) is 4.93 Å². The minimum atomic E-state index is 0.470. The molecule has 1 saturated carbocycles. The average molecular weight is 283 g/mol. The summed E-state index contributed by atoms with van der Waals surface area (Å²) in [7, 11) is 2.22. The summed E-state index contributed by atoms with van der Waals surface area (Å²) in [4.78, 5) is 4.44. The summed E-state index contributed by atoms with van der Waals surface area (Å²) in [6, 6.07) is 0. The molecular formula is C9H18INO. The van der Waals surface area contributed by atoms with Crippen LogP contribution in [0, 0.1) is 0 Å². The lowest BCUT2D eigenvalue weighted by Crippen LogP contribution is -2.59. The number of likely N-dealkylation sites (N-methyl/N-ethyl adjacent to an activating group) is 1. The minimum Gasteiger partial charge on any atom is -0.378 e. The molecule has 12 heavy (non-hydrogen) atoms. The molecule has 0 radical (unpaired) electrons. The number of rotatable bonds is 0. The fraction of sp³-hybridized carbons (Fsp3) is 1.00. The number of hydrogen-bond acceptors (Lipinski definition) is 2. The molecule has 0 N–H and O–H groups in total. The topological polar surface area (TPSA) is 12.5 Å². The van der Waals surface area contributed by atoms with Crippen molar-refractivity contribution < 1.29 is 4.74 Å². The summed E-state index contributed by atoms with van der Waals surface area (Å²) in [6.45, 7) is 3.03. The second-order valence-corrected chi connectivity index (χ2v) is 3.55. The lowest BCUT2D eigenvalue weighted by Gasteiger charge is -2.51. The lowest BCUT2D eigenvalue weighted by atomic mass is 9.75. The Balaban J connectivity index is 0.000000336. The molecule has 2 fully saturated rings. The average Bonchev–Trinajstić information content (AvgIpc) is 2.06. The first-order chi connectivity index (χ1) is 5.83. The van der Waals surface area contributed by atoms with Crippen LogP contribution in [0.25, 0.3) is 0 Å². The number of hydrogen-bond donors (Lipinski definition) is 0. The van der Waals surface area contributed by atoms with Crippen LogP contribution in [-0.2, 0) is 4.74 Å². The van der Waals surface area contributed by atoms with Crippen molar-refractivity contribution in [3.8, 4) is 0 Å². The predicted molar refractivity (Wildman–Crippen MR) is 60.0 cm³/mol. The first kappa shape index (κ1) is 10.7. The van der Waals surface area contributed by atoms with Crippen molar-refractivity contribution in [3.05, 3.63) is 0 Å². The summed E-state index contributed by atoms with van der Waals surface area (Å²) < 4.78 is 5.46. The molecule has 1 heterocycles. The predicted octanol–water partition coefficient (Wildman–Crippen LogP) is 1.92. The molecule has 0 unspecified atom stereocenters. The Hall–Kier alpha value is 0.650. The van der Waals surface area contributed by atoms with Gasteiger partial charge in [0.15, 0.2) is 0 Å². The second-order valence-electron chi connectivity index (χ2n) is 3.55. The van der Waals surface area contributed by atoms with E-state index in [2.05, 4.69) is 34.5 Å². The van der Waals surface area contributed by atoms with Crippen molar-refractivity contribution in [2.45, 2.75) is 24.8 Å². The van der Waals surface area contributed by atoms with Crippen molar-refractivity contribution in [2.75, 3.05) is 31.7 Å². The van der Waals surface area contributed by atoms with Gasteiger partial charge in [-0.25, -0.2) is 0 Å². The molecule has 0 bridgehead atoms. The SMILES string of the molecule is CI.CN1CCOCC12CCC2. The minimum absolute atomic E-state index is 0.470. The van der Waals surface area contributed by atoms with Gasteiger partial charge >= 0.3 is 0 Å². The van der Waals surface area contributed by atoms with Crippen LogP contribution in [0.5, 0.6) is 0 Å². The zero-order chi connectivity index (χ0) is 9.03. The second kappa shape index (κ2) is 4.77. The van der Waals surface area contributed by atoms with E-state index in [-0.39, 0.29) is 0 Å². The molecule has 2 nitrogen and oxygen atoms in total. The van der Waals surface area contributed by atoms with Crippen LogP contribution in [-0.4, -0.2) is 42.2 Å². The van der Waals surface area contributed by atoms with Crippen molar-refractivity contribution in [3.63, 3.8) is 0 Å². The van der Waals surface area contributed by atoms with Crippen molar-refractivity contribution in [2.24, 2.45) is 0 Å². The molecular weight excluding hydrogens is 265 g/mol. The van der Waals surface area contributed by atoms with Crippen molar-refractivity contribution in [1.82, 2.24) is 4.90 Å². The monoisotopic (exact) mass is 283 g/mol. The van der Waals surface area contributed by atoms with Crippen LogP contribution in [0.2, 0.25) is 0 Å². The third-order valence-corrected chi connectivity index (χ3v) is 3.04. The first-order valence-corrected chi connectivity index (χ1v) is 6.66. The van der Waals surface area contributed by atoms with Crippen LogP contribution >= 0.6 is 22.6 Å². The highest BCUT2D eigenvalue weighted by Gasteiger charge is 2.42. The maximum absolute atomic E-state index is 5.46. The van der Waals surface area contributed by atoms with Gasteiger partial charge in [0, 0.05) is 12.1 Å². The van der Waals surface area contributed by atoms with E-state index in [4.69, 9.17) is 4.74 Å². The molecule has 72 valence electrons. The third kappa shape index (κ3) is 1.93. The van der Waals surface area contributed by atoms with Crippen molar-refractivity contribution >= 4 is 22.6 Å². The number of halogens is 1. The summed E-state index contributed by atoms with van der Waals surface area (Å²) in [6.07, 6.45) is 4.10. The maximum Gasteiger partial charge on any atom is 0.0650 e. The van der Waals surface area contributed by atoms with Gasteiger partial charge in [-0.1, -0.05) is 22.6 Å². The van der Waals surface area contributed by atoms with Gasteiger partial charge in [-0.05, 0) is 31.2 Å². The Morgan fingerprint density at radius 2 is 2.00 bits per heavy atom. The van der Waals surface area contributed by atoms with Crippen LogP contribution in [0.1, 0.15) is 19.3 Å². The Bertz CT molecular complexity index is 136. The van der Waals surface area contributed by atoms with Gasteiger partial charge in [0.25, 0.3) is 0 Å². The molecule has 3 heteroatoms. The Morgan fingerprint density at radius 1 is 1.33 bits per heavy atom. The molecule has 1 spiro atoms. The maximum atomic E-state index is 5.46. The largest absolute Gasteiger partial charge is 0.378 e. The number of morpholine rings is 1. The van der Waals surface area contributed by atoms with Crippen LogP contribution < -0.4 is 0 Å². The number of nitrogens with zero attached hydrogens (tertiary/aromatic N) is 1. The highest BCUT2D eigenvalue weighted by atomic mass is 127. The molecule has 1 aliphatic heterocycles. The van der Waals surface area contributed by atoms with E-state index >= 15 is 0 Å². The highest BCUT2D eigenvalue weighted by Crippen LogP contribution is 2.38. The van der Waals surface area contributed by atoms with Gasteiger partial charge in [0.05, 0.1) is 13.2 Å². The van der Waals surface area contributed by atoms with Gasteiger partial charge in [0.1, 0.15) is 0 Å². The number of alkyl halides is 1.